The van der Waals surface area contributed by atoms with Gasteiger partial charge in [0.15, 0.2) is 11.8 Å². The molecule has 5 nitrogen and oxygen atoms in total. The molecule has 0 aromatic heterocycles. The minimum Gasteiger partial charge on any atom is -0.370 e. The molecule has 0 unspecified atom stereocenters. The van der Waals surface area contributed by atoms with E-state index in [0.717, 1.165) is 6.07 Å². The zero-order chi connectivity index (χ0) is 13.9. The van der Waals surface area contributed by atoms with Crippen molar-refractivity contribution >= 4 is 17.6 Å². The van der Waals surface area contributed by atoms with Crippen molar-refractivity contribution < 1.29 is 17.6 Å². The second kappa shape index (κ2) is 5.34. The van der Waals surface area contributed by atoms with Gasteiger partial charge in [-0.25, -0.2) is 22.6 Å². The van der Waals surface area contributed by atoms with Crippen LogP contribution in [0.2, 0.25) is 0 Å². The highest BCUT2D eigenvalue weighted by atomic mass is 19.3. The minimum absolute atomic E-state index is 0.437. The minimum atomic E-state index is -3.32. The van der Waals surface area contributed by atoms with Crippen molar-refractivity contribution in [2.75, 3.05) is 0 Å². The van der Waals surface area contributed by atoms with Crippen LogP contribution in [0.3, 0.4) is 0 Å². The van der Waals surface area contributed by atoms with Crippen molar-refractivity contribution in [2.24, 2.45) is 27.2 Å². The monoisotopic (exact) mass is 263 g/mol. The number of rotatable bonds is 2. The van der Waals surface area contributed by atoms with Gasteiger partial charge >= 0.3 is 0 Å². The quantitative estimate of drug-likeness (QED) is 0.423. The maximum atomic E-state index is 13.5. The van der Waals surface area contributed by atoms with Crippen molar-refractivity contribution in [3.8, 4) is 0 Å². The van der Waals surface area contributed by atoms with E-state index in [4.69, 9.17) is 17.2 Å². The van der Waals surface area contributed by atoms with Gasteiger partial charge in [0, 0.05) is 0 Å². The molecule has 0 radical (unpaired) electrons. The molecule has 0 spiro atoms. The van der Waals surface area contributed by atoms with Crippen molar-refractivity contribution in [3.63, 3.8) is 0 Å². The average molecular weight is 263 g/mol. The third-order valence-corrected chi connectivity index (χ3v) is 1.80. The number of hydrogen-bond acceptors (Lipinski definition) is 1. The van der Waals surface area contributed by atoms with E-state index in [0.29, 0.717) is 6.07 Å². The highest BCUT2D eigenvalue weighted by Gasteiger charge is 2.21. The van der Waals surface area contributed by atoms with Crippen LogP contribution >= 0.6 is 0 Å². The first kappa shape index (κ1) is 13.7. The normalized spacial score (nSPS) is 11.7. The van der Waals surface area contributed by atoms with Crippen LogP contribution in [0, 0.1) is 11.6 Å². The molecule has 0 saturated heterocycles. The lowest BCUT2D eigenvalue weighted by Crippen LogP contribution is -2.26. The molecular formula is C9H9F4N5. The lowest BCUT2D eigenvalue weighted by molar-refractivity contribution is 0.141. The first-order chi connectivity index (χ1) is 8.32. The first-order valence-electron chi connectivity index (χ1n) is 4.52. The van der Waals surface area contributed by atoms with Crippen LogP contribution in [0.5, 0.6) is 0 Å². The number of nitrogens with zero attached hydrogens (tertiary/aromatic N) is 2. The third kappa shape index (κ3) is 3.09. The van der Waals surface area contributed by atoms with Gasteiger partial charge in [-0.3, -0.25) is 0 Å². The Morgan fingerprint density at radius 2 is 1.72 bits per heavy atom. The summed E-state index contributed by atoms with van der Waals surface area (Å²) in [6, 6.07) is 1.48. The second-order valence-electron chi connectivity index (χ2n) is 3.10. The van der Waals surface area contributed by atoms with Gasteiger partial charge in [-0.1, -0.05) is 0 Å². The maximum Gasteiger partial charge on any atom is 0.269 e. The fourth-order valence-corrected chi connectivity index (χ4v) is 1.12. The van der Waals surface area contributed by atoms with E-state index >= 15 is 0 Å². The van der Waals surface area contributed by atoms with Crippen LogP contribution in [0.25, 0.3) is 0 Å². The Morgan fingerprint density at radius 1 is 1.11 bits per heavy atom. The van der Waals surface area contributed by atoms with Crippen molar-refractivity contribution in [1.29, 1.82) is 0 Å². The van der Waals surface area contributed by atoms with E-state index < -0.39 is 41.2 Å². The fraction of sp³-hybridized carbons (Fsp3) is 0.111. The Kier molecular flexibility index (Phi) is 4.08. The lowest BCUT2D eigenvalue weighted by Gasteiger charge is -2.05. The number of guanidine groups is 2. The molecule has 6 N–H and O–H groups in total. The lowest BCUT2D eigenvalue weighted by atomic mass is 10.2. The van der Waals surface area contributed by atoms with Crippen molar-refractivity contribution in [1.82, 2.24) is 0 Å². The molecule has 0 saturated carbocycles. The standard InChI is InChI=1S/C9H9F4N5/c10-3-1-2-4(6(11)5(3)7(12)13)17-9(16)18-8(14)15/h1-2,7H,(H6,14,15,16,17,18). The van der Waals surface area contributed by atoms with E-state index in [2.05, 4.69) is 9.98 Å². The molecule has 0 aliphatic heterocycles. The van der Waals surface area contributed by atoms with E-state index in [1.54, 1.807) is 0 Å². The Balaban J connectivity index is 3.28. The van der Waals surface area contributed by atoms with E-state index in [-0.39, 0.29) is 0 Å². The molecule has 0 heterocycles. The molecule has 1 aromatic carbocycles. The van der Waals surface area contributed by atoms with Gasteiger partial charge in [-0.2, -0.15) is 4.99 Å². The first-order valence-corrected chi connectivity index (χ1v) is 4.52. The molecule has 0 amide bonds. The van der Waals surface area contributed by atoms with Crippen LogP contribution in [-0.4, -0.2) is 11.9 Å². The summed E-state index contributed by atoms with van der Waals surface area (Å²) >= 11 is 0. The third-order valence-electron chi connectivity index (χ3n) is 1.80. The number of nitrogens with two attached hydrogens (primary N) is 3. The van der Waals surface area contributed by atoms with E-state index in [1.807, 2.05) is 0 Å². The Bertz CT molecular complexity index is 508. The highest BCUT2D eigenvalue weighted by molar-refractivity contribution is 5.93. The summed E-state index contributed by atoms with van der Waals surface area (Å²) in [6.45, 7) is 0. The van der Waals surface area contributed by atoms with Gasteiger partial charge in [0.1, 0.15) is 11.5 Å². The molecule has 0 bridgehead atoms. The van der Waals surface area contributed by atoms with Gasteiger partial charge in [0.05, 0.1) is 5.56 Å². The zero-order valence-electron chi connectivity index (χ0n) is 8.87. The highest BCUT2D eigenvalue weighted by Crippen LogP contribution is 2.30. The molecule has 0 aliphatic rings. The number of hydrogen-bond donors (Lipinski definition) is 3. The fourth-order valence-electron chi connectivity index (χ4n) is 1.12. The number of aliphatic imine (C=N–C) groups is 2. The Labute approximate surface area is 99.0 Å². The summed E-state index contributed by atoms with van der Waals surface area (Å²) < 4.78 is 51.2. The average Bonchev–Trinajstić information content (AvgIpc) is 2.20. The Hall–Kier alpha value is -2.32. The SMILES string of the molecule is NC(N)=NC(N)=Nc1ccc(F)c(C(F)F)c1F. The van der Waals surface area contributed by atoms with Gasteiger partial charge in [0.2, 0.25) is 5.96 Å². The van der Waals surface area contributed by atoms with Crippen LogP contribution in [0.1, 0.15) is 12.0 Å². The van der Waals surface area contributed by atoms with Crippen LogP contribution in [0.15, 0.2) is 22.1 Å². The van der Waals surface area contributed by atoms with Crippen molar-refractivity contribution in [2.45, 2.75) is 6.43 Å². The summed E-state index contributed by atoms with van der Waals surface area (Å²) in [5.74, 6) is -3.87. The molecule has 98 valence electrons. The second-order valence-corrected chi connectivity index (χ2v) is 3.10. The van der Waals surface area contributed by atoms with E-state index in [1.165, 1.54) is 0 Å². The van der Waals surface area contributed by atoms with Crippen molar-refractivity contribution in [3.05, 3.63) is 29.3 Å². The summed E-state index contributed by atoms with van der Waals surface area (Å²) in [6.07, 6.45) is -3.32. The molecule has 1 aromatic rings. The number of halogens is 4. The topological polar surface area (TPSA) is 103 Å². The summed E-state index contributed by atoms with van der Waals surface area (Å²) in [5, 5.41) is 0. The largest absolute Gasteiger partial charge is 0.370 e. The van der Waals surface area contributed by atoms with Gasteiger partial charge in [-0.15, -0.1) is 0 Å². The van der Waals surface area contributed by atoms with Crippen LogP contribution in [0.4, 0.5) is 23.2 Å². The van der Waals surface area contributed by atoms with Gasteiger partial charge in [-0.05, 0) is 12.1 Å². The van der Waals surface area contributed by atoms with Crippen LogP contribution in [-0.2, 0) is 0 Å². The number of benzene rings is 1. The summed E-state index contributed by atoms with van der Waals surface area (Å²) in [5.41, 5.74) is 13.2. The summed E-state index contributed by atoms with van der Waals surface area (Å²) in [7, 11) is 0. The number of alkyl halides is 2. The molecule has 0 aliphatic carbocycles. The predicted molar refractivity (Wildman–Crippen MR) is 58.4 cm³/mol. The van der Waals surface area contributed by atoms with Gasteiger partial charge in [0.25, 0.3) is 6.43 Å². The van der Waals surface area contributed by atoms with E-state index in [9.17, 15) is 17.6 Å². The maximum absolute atomic E-state index is 13.5. The molecular weight excluding hydrogens is 254 g/mol. The van der Waals surface area contributed by atoms with Gasteiger partial charge < -0.3 is 17.2 Å². The molecule has 9 heteroatoms. The van der Waals surface area contributed by atoms with Crippen LogP contribution < -0.4 is 17.2 Å². The zero-order valence-corrected chi connectivity index (χ0v) is 8.87. The Morgan fingerprint density at radius 3 is 2.22 bits per heavy atom. The smallest absolute Gasteiger partial charge is 0.269 e. The molecule has 18 heavy (non-hydrogen) atoms. The molecule has 1 rings (SSSR count). The summed E-state index contributed by atoms with van der Waals surface area (Å²) in [4.78, 5) is 6.62. The molecule has 0 fully saturated rings. The molecule has 0 atom stereocenters. The predicted octanol–water partition coefficient (Wildman–Crippen LogP) is 1.12.